The van der Waals surface area contributed by atoms with Gasteiger partial charge in [-0.1, -0.05) is 67.2 Å². The lowest BCUT2D eigenvalue weighted by atomic mass is 10.0. The molecule has 3 nitrogen and oxygen atoms in total. The van der Waals surface area contributed by atoms with Crippen molar-refractivity contribution < 1.29 is 4.79 Å². The van der Waals surface area contributed by atoms with E-state index in [0.717, 1.165) is 16.1 Å². The van der Waals surface area contributed by atoms with Crippen LogP contribution in [0.25, 0.3) is 10.9 Å². The van der Waals surface area contributed by atoms with Crippen molar-refractivity contribution >= 4 is 28.6 Å². The number of para-hydroxylation sites is 1. The van der Waals surface area contributed by atoms with Gasteiger partial charge in [-0.3, -0.25) is 4.79 Å². The van der Waals surface area contributed by atoms with Gasteiger partial charge in [-0.05, 0) is 42.5 Å². The van der Waals surface area contributed by atoms with E-state index in [4.69, 9.17) is 4.98 Å². The van der Waals surface area contributed by atoms with Gasteiger partial charge in [0.1, 0.15) is 0 Å². The van der Waals surface area contributed by atoms with Gasteiger partial charge in [-0.2, -0.15) is 0 Å². The molecule has 0 bridgehead atoms. The number of amides is 1. The Labute approximate surface area is 159 Å². The third kappa shape index (κ3) is 4.44. The summed E-state index contributed by atoms with van der Waals surface area (Å²) in [5.41, 5.74) is 4.62. The highest BCUT2D eigenvalue weighted by Gasteiger charge is 2.10. The summed E-state index contributed by atoms with van der Waals surface area (Å²) in [6.45, 7) is 6.93. The van der Waals surface area contributed by atoms with Crippen LogP contribution >= 0.6 is 11.8 Å². The standard InChI is InChI=1S/C22H24N2OS/c1-15-8-7-11-19-16(2)12-21(24-22(15)19)26-14-20(25)23-13-17(3)18-9-5-4-6-10-18/h4-12,17H,13-14H2,1-3H3,(H,23,25)/t17-/m1/s1. The summed E-state index contributed by atoms with van der Waals surface area (Å²) in [7, 11) is 0. The molecule has 134 valence electrons. The average Bonchev–Trinajstić information content (AvgIpc) is 2.66. The van der Waals surface area contributed by atoms with Crippen LogP contribution in [0.15, 0.2) is 59.6 Å². The van der Waals surface area contributed by atoms with Gasteiger partial charge in [0.15, 0.2) is 0 Å². The Balaban J connectivity index is 1.58. The van der Waals surface area contributed by atoms with E-state index in [0.29, 0.717) is 18.2 Å². The van der Waals surface area contributed by atoms with Crippen molar-refractivity contribution in [3.05, 3.63) is 71.3 Å². The van der Waals surface area contributed by atoms with Crippen LogP contribution in [0.1, 0.15) is 29.5 Å². The van der Waals surface area contributed by atoms with Crippen LogP contribution in [0.4, 0.5) is 0 Å². The van der Waals surface area contributed by atoms with Gasteiger partial charge in [0.25, 0.3) is 0 Å². The average molecular weight is 365 g/mol. The molecule has 1 atom stereocenters. The zero-order valence-corrected chi connectivity index (χ0v) is 16.3. The predicted octanol–water partition coefficient (Wildman–Crippen LogP) is 4.86. The van der Waals surface area contributed by atoms with Crippen LogP contribution in [-0.2, 0) is 4.79 Å². The Morgan fingerprint density at radius 1 is 1.08 bits per heavy atom. The van der Waals surface area contributed by atoms with Crippen molar-refractivity contribution in [1.29, 1.82) is 0 Å². The highest BCUT2D eigenvalue weighted by Crippen LogP contribution is 2.25. The quantitative estimate of drug-likeness (QED) is 0.635. The van der Waals surface area contributed by atoms with Crippen LogP contribution < -0.4 is 5.32 Å². The third-order valence-electron chi connectivity index (χ3n) is 4.55. The van der Waals surface area contributed by atoms with Gasteiger partial charge in [0.2, 0.25) is 5.91 Å². The van der Waals surface area contributed by atoms with Gasteiger partial charge in [-0.25, -0.2) is 4.98 Å². The lowest BCUT2D eigenvalue weighted by Crippen LogP contribution is -2.29. The van der Waals surface area contributed by atoms with Gasteiger partial charge >= 0.3 is 0 Å². The van der Waals surface area contributed by atoms with E-state index in [1.807, 2.05) is 18.2 Å². The smallest absolute Gasteiger partial charge is 0.230 e. The Bertz CT molecular complexity index is 909. The molecule has 2 aromatic carbocycles. The summed E-state index contributed by atoms with van der Waals surface area (Å²) in [5, 5.41) is 5.10. The number of aromatic nitrogens is 1. The van der Waals surface area contributed by atoms with Crippen LogP contribution in [0.3, 0.4) is 0 Å². The zero-order valence-electron chi connectivity index (χ0n) is 15.5. The Morgan fingerprint density at radius 3 is 2.62 bits per heavy atom. The number of rotatable bonds is 6. The number of carbonyl (C=O) groups is 1. The second kappa shape index (κ2) is 8.37. The maximum atomic E-state index is 12.2. The molecule has 1 N–H and O–H groups in total. The molecule has 0 spiro atoms. The molecule has 26 heavy (non-hydrogen) atoms. The van der Waals surface area contributed by atoms with Crippen molar-refractivity contribution in [2.45, 2.75) is 31.7 Å². The van der Waals surface area contributed by atoms with Crippen molar-refractivity contribution in [3.8, 4) is 0 Å². The number of nitrogens with zero attached hydrogens (tertiary/aromatic N) is 1. The van der Waals surface area contributed by atoms with Crippen molar-refractivity contribution in [2.75, 3.05) is 12.3 Å². The highest BCUT2D eigenvalue weighted by molar-refractivity contribution is 7.99. The minimum absolute atomic E-state index is 0.0436. The fraction of sp³-hybridized carbons (Fsp3) is 0.273. The maximum absolute atomic E-state index is 12.2. The third-order valence-corrected chi connectivity index (χ3v) is 5.46. The van der Waals surface area contributed by atoms with Gasteiger partial charge in [0, 0.05) is 11.9 Å². The minimum Gasteiger partial charge on any atom is -0.355 e. The molecule has 0 aliphatic carbocycles. The monoisotopic (exact) mass is 364 g/mol. The number of hydrogen-bond acceptors (Lipinski definition) is 3. The highest BCUT2D eigenvalue weighted by atomic mass is 32.2. The number of carbonyl (C=O) groups excluding carboxylic acids is 1. The van der Waals surface area contributed by atoms with Crippen LogP contribution in [0.2, 0.25) is 0 Å². The first kappa shape index (κ1) is 18.5. The number of aryl methyl sites for hydroxylation is 2. The molecular formula is C22H24N2OS. The first-order valence-corrected chi connectivity index (χ1v) is 9.84. The van der Waals surface area contributed by atoms with Crippen molar-refractivity contribution in [2.24, 2.45) is 0 Å². The van der Waals surface area contributed by atoms with Gasteiger partial charge in [0.05, 0.1) is 16.3 Å². The normalized spacial score (nSPS) is 12.1. The van der Waals surface area contributed by atoms with E-state index in [2.05, 4.69) is 62.5 Å². The fourth-order valence-electron chi connectivity index (χ4n) is 2.96. The number of hydrogen-bond donors (Lipinski definition) is 1. The lowest BCUT2D eigenvalue weighted by molar-refractivity contribution is -0.118. The summed E-state index contributed by atoms with van der Waals surface area (Å²) in [4.78, 5) is 16.9. The van der Waals surface area contributed by atoms with Crippen LogP contribution in [-0.4, -0.2) is 23.2 Å². The topological polar surface area (TPSA) is 42.0 Å². The Kier molecular flexibility index (Phi) is 5.94. The molecule has 4 heteroatoms. The summed E-state index contributed by atoms with van der Waals surface area (Å²) in [6.07, 6.45) is 0. The molecule has 1 heterocycles. The molecule has 0 saturated carbocycles. The largest absolute Gasteiger partial charge is 0.355 e. The van der Waals surface area contributed by atoms with Crippen molar-refractivity contribution in [3.63, 3.8) is 0 Å². The van der Waals surface area contributed by atoms with E-state index in [9.17, 15) is 4.79 Å². The van der Waals surface area contributed by atoms with E-state index >= 15 is 0 Å². The molecule has 0 unspecified atom stereocenters. The summed E-state index contributed by atoms with van der Waals surface area (Å²) >= 11 is 1.49. The molecule has 0 radical (unpaired) electrons. The molecule has 0 fully saturated rings. The number of benzene rings is 2. The fourth-order valence-corrected chi connectivity index (χ4v) is 3.76. The molecule has 1 amide bonds. The molecule has 3 rings (SSSR count). The van der Waals surface area contributed by atoms with E-state index < -0.39 is 0 Å². The number of pyridine rings is 1. The Morgan fingerprint density at radius 2 is 1.85 bits per heavy atom. The zero-order chi connectivity index (χ0) is 18.5. The van der Waals surface area contributed by atoms with Gasteiger partial charge < -0.3 is 5.32 Å². The van der Waals surface area contributed by atoms with E-state index in [1.54, 1.807) is 0 Å². The SMILES string of the molecule is Cc1cc(SCC(=O)NC[C@@H](C)c2ccccc2)nc2c(C)cccc12. The molecule has 1 aromatic heterocycles. The lowest BCUT2D eigenvalue weighted by Gasteiger charge is -2.13. The Hall–Kier alpha value is -2.33. The van der Waals surface area contributed by atoms with E-state index in [1.165, 1.54) is 28.3 Å². The number of nitrogens with one attached hydrogen (secondary N) is 1. The number of thioether (sulfide) groups is 1. The second-order valence-electron chi connectivity index (χ2n) is 6.65. The maximum Gasteiger partial charge on any atom is 0.230 e. The van der Waals surface area contributed by atoms with Gasteiger partial charge in [-0.15, -0.1) is 0 Å². The molecule has 0 aliphatic heterocycles. The summed E-state index contributed by atoms with van der Waals surface area (Å²) < 4.78 is 0. The predicted molar refractivity (Wildman–Crippen MR) is 110 cm³/mol. The summed E-state index contributed by atoms with van der Waals surface area (Å²) in [6, 6.07) is 18.5. The van der Waals surface area contributed by atoms with E-state index in [-0.39, 0.29) is 5.91 Å². The van der Waals surface area contributed by atoms with Crippen LogP contribution in [0.5, 0.6) is 0 Å². The first-order valence-electron chi connectivity index (χ1n) is 8.86. The molecule has 0 saturated heterocycles. The second-order valence-corrected chi connectivity index (χ2v) is 7.65. The number of fused-ring (bicyclic) bond motifs is 1. The molecular weight excluding hydrogens is 340 g/mol. The minimum atomic E-state index is 0.0436. The first-order chi connectivity index (χ1) is 12.5. The molecule has 0 aliphatic rings. The van der Waals surface area contributed by atoms with Crippen molar-refractivity contribution in [1.82, 2.24) is 10.3 Å². The summed E-state index contributed by atoms with van der Waals surface area (Å²) in [5.74, 6) is 0.724. The molecule has 3 aromatic rings. The van der Waals surface area contributed by atoms with Crippen LogP contribution in [0, 0.1) is 13.8 Å².